The summed E-state index contributed by atoms with van der Waals surface area (Å²) in [5.41, 5.74) is 0. The van der Waals surface area contributed by atoms with E-state index in [0.717, 1.165) is 0 Å². The van der Waals surface area contributed by atoms with E-state index in [1.165, 1.54) is 4.46 Å². The summed E-state index contributed by atoms with van der Waals surface area (Å²) in [6, 6.07) is 10.5. The third-order valence-electron chi connectivity index (χ3n) is 0.832. The molecule has 1 aromatic rings. The van der Waals surface area contributed by atoms with Crippen molar-refractivity contribution >= 4 is 36.5 Å². The van der Waals surface area contributed by atoms with Crippen LogP contribution in [0.3, 0.4) is 0 Å². The van der Waals surface area contributed by atoms with Crippen LogP contribution < -0.4 is 4.46 Å². The van der Waals surface area contributed by atoms with Gasteiger partial charge < -0.3 is 0 Å². The summed E-state index contributed by atoms with van der Waals surface area (Å²) in [7, 11) is 0. The molecule has 0 spiro atoms. The topological polar surface area (TPSA) is 0 Å². The van der Waals surface area contributed by atoms with E-state index >= 15 is 0 Å². The van der Waals surface area contributed by atoms with Crippen molar-refractivity contribution in [1.29, 1.82) is 0 Å². The van der Waals surface area contributed by atoms with Crippen LogP contribution in [0.4, 0.5) is 0 Å². The molecule has 0 N–H and O–H groups in total. The normalized spacial score (nSPS) is 9.12. The zero-order valence-corrected chi connectivity index (χ0v) is 8.04. The van der Waals surface area contributed by atoms with E-state index < -0.39 is 0 Å². The molecule has 8 heavy (non-hydrogen) atoms. The van der Waals surface area contributed by atoms with Gasteiger partial charge in [-0.1, -0.05) is 0 Å². The Bertz CT molecular complexity index is 150. The zero-order valence-electron chi connectivity index (χ0n) is 4.17. The maximum atomic E-state index is 2.42. The number of halogens is 1. The minimum absolute atomic E-state index is 0.638. The van der Waals surface area contributed by atoms with Crippen molar-refractivity contribution in [2.24, 2.45) is 0 Å². The zero-order chi connectivity index (χ0) is 5.82. The van der Waals surface area contributed by atoms with Crippen LogP contribution in [0.2, 0.25) is 0 Å². The second-order valence-electron chi connectivity index (χ2n) is 1.39. The molecule has 42 valence electrons. The van der Waals surface area contributed by atoms with E-state index in [4.69, 9.17) is 0 Å². The van der Waals surface area contributed by atoms with Crippen molar-refractivity contribution in [3.8, 4) is 0 Å². The first-order valence-electron chi connectivity index (χ1n) is 2.27. The molecule has 0 aliphatic rings. The van der Waals surface area contributed by atoms with Crippen molar-refractivity contribution < 1.29 is 0 Å². The molecule has 1 rings (SSSR count). The summed E-state index contributed by atoms with van der Waals surface area (Å²) in [4.78, 5) is 0. The number of benzene rings is 1. The average Bonchev–Trinajstić information content (AvgIpc) is 1.90. The second kappa shape index (κ2) is 3.49. The van der Waals surface area contributed by atoms with Gasteiger partial charge in [0.2, 0.25) is 0 Å². The molecule has 0 heterocycles. The number of hydrogen-bond donors (Lipinski definition) is 0. The first kappa shape index (κ1) is 6.59. The first-order valence-corrected chi connectivity index (χ1v) is 8.35. The molecule has 0 aliphatic carbocycles. The molecule has 0 fully saturated rings. The third kappa shape index (κ3) is 1.77. The minimum atomic E-state index is 0.638. The van der Waals surface area contributed by atoms with Gasteiger partial charge in [0, 0.05) is 0 Å². The molecule has 0 unspecified atom stereocenters. The van der Waals surface area contributed by atoms with Gasteiger partial charge in [-0.15, -0.1) is 0 Å². The Labute approximate surface area is 66.6 Å². The van der Waals surface area contributed by atoms with E-state index in [1.54, 1.807) is 0 Å². The van der Waals surface area contributed by atoms with Gasteiger partial charge in [-0.2, -0.15) is 0 Å². The van der Waals surface area contributed by atoms with Crippen LogP contribution in [0.1, 0.15) is 0 Å². The molecular weight excluding hydrogens is 278 g/mol. The van der Waals surface area contributed by atoms with Crippen LogP contribution in [-0.4, -0.2) is 11.7 Å². The summed E-state index contributed by atoms with van der Waals surface area (Å²) in [5, 5.41) is 0. The fraction of sp³-hybridized carbons (Fsp3) is 0. The predicted octanol–water partition coefficient (Wildman–Crippen LogP) is 1.37. The molecule has 0 saturated heterocycles. The molecule has 0 aliphatic heterocycles. The predicted molar refractivity (Wildman–Crippen MR) is 45.9 cm³/mol. The van der Waals surface area contributed by atoms with Crippen LogP contribution in [-0.2, 0) is 0 Å². The van der Waals surface area contributed by atoms with Crippen molar-refractivity contribution in [2.75, 3.05) is 0 Å². The van der Waals surface area contributed by atoms with Crippen LogP contribution in [0, 0.1) is 0 Å². The fourth-order valence-electron chi connectivity index (χ4n) is 0.472. The Morgan fingerprint density at radius 3 is 2.12 bits per heavy atom. The molecule has 0 atom stereocenters. The van der Waals surface area contributed by atoms with Gasteiger partial charge >= 0.3 is 66.8 Å². The molecule has 0 radical (unpaired) electrons. The van der Waals surface area contributed by atoms with Gasteiger partial charge in [-0.25, -0.2) is 0 Å². The van der Waals surface area contributed by atoms with Crippen molar-refractivity contribution in [3.05, 3.63) is 30.3 Å². The number of rotatable bonds is 1. The van der Waals surface area contributed by atoms with Crippen LogP contribution in [0.25, 0.3) is 0 Å². The van der Waals surface area contributed by atoms with Gasteiger partial charge in [0.15, 0.2) is 0 Å². The van der Waals surface area contributed by atoms with Gasteiger partial charge in [0.05, 0.1) is 0 Å². The summed E-state index contributed by atoms with van der Waals surface area (Å²) in [6.07, 6.45) is 0. The van der Waals surface area contributed by atoms with E-state index in [9.17, 15) is 0 Å². The van der Waals surface area contributed by atoms with E-state index in [2.05, 4.69) is 44.6 Å². The van der Waals surface area contributed by atoms with Crippen LogP contribution in [0.5, 0.6) is 0 Å². The average molecular weight is 283 g/mol. The van der Waals surface area contributed by atoms with E-state index in [-0.39, 0.29) is 0 Å². The fourth-order valence-corrected chi connectivity index (χ4v) is 2.54. The van der Waals surface area contributed by atoms with Gasteiger partial charge in [-0.05, 0) is 0 Å². The maximum absolute atomic E-state index is 2.42. The Kier molecular flexibility index (Phi) is 2.87. The molecule has 0 bridgehead atoms. The van der Waals surface area contributed by atoms with E-state index in [0.29, 0.717) is 11.7 Å². The van der Waals surface area contributed by atoms with Gasteiger partial charge in [0.1, 0.15) is 0 Å². The monoisotopic (exact) mass is 284 g/mol. The summed E-state index contributed by atoms with van der Waals surface area (Å²) in [5.74, 6) is 0. The first-order chi connectivity index (χ1) is 3.93. The van der Waals surface area contributed by atoms with Crippen molar-refractivity contribution in [1.82, 2.24) is 0 Å². The quantitative estimate of drug-likeness (QED) is 0.539. The van der Waals surface area contributed by atoms with Crippen LogP contribution >= 0.6 is 20.3 Å². The van der Waals surface area contributed by atoms with Gasteiger partial charge in [-0.3, -0.25) is 0 Å². The van der Waals surface area contributed by atoms with E-state index in [1.807, 2.05) is 6.07 Å². The molecule has 0 nitrogen and oxygen atoms in total. The summed E-state index contributed by atoms with van der Waals surface area (Å²) >= 11 is 3.05. The standard InChI is InChI=1S/C6H5ISe/c7-8-6-4-2-1-3-5-6/h1-5H. The molecule has 1 aromatic carbocycles. The molecule has 2 heteroatoms. The second-order valence-corrected chi connectivity index (χ2v) is 4.99. The molecule has 0 saturated carbocycles. The molecular formula is C6H5ISe. The Morgan fingerprint density at radius 1 is 1.12 bits per heavy atom. The molecule has 0 aromatic heterocycles. The summed E-state index contributed by atoms with van der Waals surface area (Å²) in [6.45, 7) is 0. The third-order valence-corrected chi connectivity index (χ3v) is 4.42. The Hall–Kier alpha value is 0.469. The SMILES string of the molecule is I[Se]c1ccccc1. The number of hydrogen-bond acceptors (Lipinski definition) is 0. The Balaban J connectivity index is 2.83. The molecule has 0 amide bonds. The van der Waals surface area contributed by atoms with Crippen LogP contribution in [0.15, 0.2) is 30.3 Å². The Morgan fingerprint density at radius 2 is 1.75 bits per heavy atom. The summed E-state index contributed by atoms with van der Waals surface area (Å²) < 4.78 is 1.46. The van der Waals surface area contributed by atoms with Gasteiger partial charge in [0.25, 0.3) is 0 Å². The van der Waals surface area contributed by atoms with Crippen molar-refractivity contribution in [2.45, 2.75) is 0 Å². The van der Waals surface area contributed by atoms with Crippen molar-refractivity contribution in [3.63, 3.8) is 0 Å².